The summed E-state index contributed by atoms with van der Waals surface area (Å²) in [5.74, 6) is -0.773. The van der Waals surface area contributed by atoms with Gasteiger partial charge in [-0.2, -0.15) is 0 Å². The standard InChI is InChI=1S/C18H17N3O3/c1-21(2)14-8-5-7-13(10-14)17(22)19-20-18(23)16-11-12-6-3-4-9-15(12)24-16/h3-11H,1-2H3,(H,19,22)(H,20,23). The fourth-order valence-electron chi connectivity index (χ4n) is 2.27. The van der Waals surface area contributed by atoms with Gasteiger partial charge >= 0.3 is 5.91 Å². The summed E-state index contributed by atoms with van der Waals surface area (Å²) in [6.07, 6.45) is 0. The molecule has 3 rings (SSSR count). The van der Waals surface area contributed by atoms with Crippen LogP contribution in [0.1, 0.15) is 20.9 Å². The van der Waals surface area contributed by atoms with Crippen LogP contribution in [0.3, 0.4) is 0 Å². The second-order valence-electron chi connectivity index (χ2n) is 5.50. The molecule has 0 radical (unpaired) electrons. The number of furan rings is 1. The van der Waals surface area contributed by atoms with Gasteiger partial charge in [0.15, 0.2) is 5.76 Å². The van der Waals surface area contributed by atoms with Gasteiger partial charge in [-0.05, 0) is 30.3 Å². The average molecular weight is 323 g/mol. The largest absolute Gasteiger partial charge is 0.451 e. The van der Waals surface area contributed by atoms with E-state index in [1.54, 1.807) is 30.3 Å². The lowest BCUT2D eigenvalue weighted by molar-refractivity contribution is 0.0832. The van der Waals surface area contributed by atoms with E-state index in [4.69, 9.17) is 4.42 Å². The van der Waals surface area contributed by atoms with Crippen LogP contribution in [0.4, 0.5) is 5.69 Å². The number of fused-ring (bicyclic) bond motifs is 1. The monoisotopic (exact) mass is 323 g/mol. The highest BCUT2D eigenvalue weighted by Gasteiger charge is 2.14. The molecule has 6 nitrogen and oxygen atoms in total. The lowest BCUT2D eigenvalue weighted by Gasteiger charge is -2.13. The van der Waals surface area contributed by atoms with Crippen LogP contribution in [0, 0.1) is 0 Å². The topological polar surface area (TPSA) is 74.6 Å². The molecular weight excluding hydrogens is 306 g/mol. The van der Waals surface area contributed by atoms with Crippen molar-refractivity contribution in [1.82, 2.24) is 10.9 Å². The quantitative estimate of drug-likeness (QED) is 0.727. The first kappa shape index (κ1) is 15.6. The molecule has 6 heteroatoms. The molecule has 3 aromatic rings. The van der Waals surface area contributed by atoms with E-state index in [0.717, 1.165) is 11.1 Å². The molecule has 0 atom stereocenters. The lowest BCUT2D eigenvalue weighted by Crippen LogP contribution is -2.41. The van der Waals surface area contributed by atoms with Crippen LogP contribution in [0.15, 0.2) is 59.0 Å². The number of nitrogens with one attached hydrogen (secondary N) is 2. The Morgan fingerprint density at radius 3 is 2.42 bits per heavy atom. The van der Waals surface area contributed by atoms with Crippen molar-refractivity contribution in [2.75, 3.05) is 19.0 Å². The zero-order valence-electron chi connectivity index (χ0n) is 13.4. The van der Waals surface area contributed by atoms with Crippen LogP contribution in [-0.4, -0.2) is 25.9 Å². The van der Waals surface area contributed by atoms with E-state index in [2.05, 4.69) is 10.9 Å². The first-order chi connectivity index (χ1) is 11.5. The number of nitrogens with zero attached hydrogens (tertiary/aromatic N) is 1. The van der Waals surface area contributed by atoms with E-state index < -0.39 is 11.8 Å². The lowest BCUT2D eigenvalue weighted by atomic mass is 10.2. The number of carbonyl (C=O) groups excluding carboxylic acids is 2. The average Bonchev–Trinajstić information content (AvgIpc) is 3.03. The van der Waals surface area contributed by atoms with Crippen molar-refractivity contribution < 1.29 is 14.0 Å². The van der Waals surface area contributed by atoms with E-state index >= 15 is 0 Å². The van der Waals surface area contributed by atoms with Gasteiger partial charge in [-0.15, -0.1) is 0 Å². The highest BCUT2D eigenvalue weighted by atomic mass is 16.3. The highest BCUT2D eigenvalue weighted by molar-refractivity contribution is 6.00. The fourth-order valence-corrected chi connectivity index (χ4v) is 2.27. The van der Waals surface area contributed by atoms with Crippen LogP contribution in [0.5, 0.6) is 0 Å². The van der Waals surface area contributed by atoms with Crippen molar-refractivity contribution in [2.24, 2.45) is 0 Å². The van der Waals surface area contributed by atoms with Crippen LogP contribution in [-0.2, 0) is 0 Å². The predicted octanol–water partition coefficient (Wildman–Crippen LogP) is 2.57. The summed E-state index contributed by atoms with van der Waals surface area (Å²) in [5, 5.41) is 0.827. The second-order valence-corrected chi connectivity index (χ2v) is 5.50. The molecule has 0 aliphatic carbocycles. The molecule has 0 saturated heterocycles. The minimum Gasteiger partial charge on any atom is -0.451 e. The molecule has 2 N–H and O–H groups in total. The number of para-hydroxylation sites is 1. The first-order valence-corrected chi connectivity index (χ1v) is 7.41. The molecule has 0 saturated carbocycles. The van der Waals surface area contributed by atoms with E-state index in [-0.39, 0.29) is 5.76 Å². The maximum absolute atomic E-state index is 12.2. The molecule has 0 unspecified atom stereocenters. The highest BCUT2D eigenvalue weighted by Crippen LogP contribution is 2.18. The summed E-state index contributed by atoms with van der Waals surface area (Å²) in [6.45, 7) is 0. The number of hydrogen-bond donors (Lipinski definition) is 2. The van der Waals surface area contributed by atoms with Gasteiger partial charge in [0, 0.05) is 30.7 Å². The van der Waals surface area contributed by atoms with E-state index in [1.165, 1.54) is 0 Å². The van der Waals surface area contributed by atoms with Crippen molar-refractivity contribution >= 4 is 28.5 Å². The molecule has 0 bridgehead atoms. The zero-order chi connectivity index (χ0) is 17.1. The summed E-state index contributed by atoms with van der Waals surface area (Å²) in [6, 6.07) is 16.0. The van der Waals surface area contributed by atoms with E-state index in [1.807, 2.05) is 43.3 Å². The summed E-state index contributed by atoms with van der Waals surface area (Å²) in [7, 11) is 3.78. The van der Waals surface area contributed by atoms with Gasteiger partial charge < -0.3 is 9.32 Å². The summed E-state index contributed by atoms with van der Waals surface area (Å²) < 4.78 is 5.45. The molecule has 2 aromatic carbocycles. The molecule has 0 aliphatic rings. The van der Waals surface area contributed by atoms with Crippen molar-refractivity contribution in [3.8, 4) is 0 Å². The predicted molar refractivity (Wildman–Crippen MR) is 91.9 cm³/mol. The summed E-state index contributed by atoms with van der Waals surface area (Å²) >= 11 is 0. The summed E-state index contributed by atoms with van der Waals surface area (Å²) in [5.41, 5.74) is 6.71. The third-order valence-corrected chi connectivity index (χ3v) is 3.56. The number of rotatable bonds is 3. The molecule has 24 heavy (non-hydrogen) atoms. The van der Waals surface area contributed by atoms with Gasteiger partial charge in [0.2, 0.25) is 0 Å². The Balaban J connectivity index is 1.67. The van der Waals surface area contributed by atoms with E-state index in [0.29, 0.717) is 11.1 Å². The van der Waals surface area contributed by atoms with Gasteiger partial charge in [0.1, 0.15) is 5.58 Å². The smallest absolute Gasteiger partial charge is 0.305 e. The number of benzene rings is 2. The Kier molecular flexibility index (Phi) is 4.20. The van der Waals surface area contributed by atoms with Crippen LogP contribution in [0.25, 0.3) is 11.0 Å². The van der Waals surface area contributed by atoms with Gasteiger partial charge in [-0.1, -0.05) is 24.3 Å². The van der Waals surface area contributed by atoms with Crippen LogP contribution >= 0.6 is 0 Å². The number of hydrazine groups is 1. The van der Waals surface area contributed by atoms with E-state index in [9.17, 15) is 9.59 Å². The maximum Gasteiger partial charge on any atom is 0.305 e. The molecular formula is C18H17N3O3. The SMILES string of the molecule is CN(C)c1cccc(C(=O)NNC(=O)c2cc3ccccc3o2)c1. The van der Waals surface area contributed by atoms with Crippen molar-refractivity contribution in [3.05, 3.63) is 65.9 Å². The van der Waals surface area contributed by atoms with Gasteiger partial charge in [-0.3, -0.25) is 20.4 Å². The summed E-state index contributed by atoms with van der Waals surface area (Å²) in [4.78, 5) is 26.1. The minimum absolute atomic E-state index is 0.138. The minimum atomic E-state index is -0.511. The van der Waals surface area contributed by atoms with Crippen molar-refractivity contribution in [1.29, 1.82) is 0 Å². The van der Waals surface area contributed by atoms with Gasteiger partial charge in [0.05, 0.1) is 0 Å². The number of carbonyl (C=O) groups is 2. The third-order valence-electron chi connectivity index (χ3n) is 3.56. The molecule has 1 heterocycles. The molecule has 0 spiro atoms. The van der Waals surface area contributed by atoms with Gasteiger partial charge in [-0.25, -0.2) is 0 Å². The van der Waals surface area contributed by atoms with Gasteiger partial charge in [0.25, 0.3) is 5.91 Å². The zero-order valence-corrected chi connectivity index (χ0v) is 13.4. The Bertz CT molecular complexity index is 866. The van der Waals surface area contributed by atoms with Crippen molar-refractivity contribution in [2.45, 2.75) is 0 Å². The second kappa shape index (κ2) is 6.45. The first-order valence-electron chi connectivity index (χ1n) is 7.41. The van der Waals surface area contributed by atoms with Crippen molar-refractivity contribution in [3.63, 3.8) is 0 Å². The van der Waals surface area contributed by atoms with Crippen LogP contribution < -0.4 is 15.8 Å². The molecule has 122 valence electrons. The Morgan fingerprint density at radius 2 is 1.67 bits per heavy atom. The Morgan fingerprint density at radius 1 is 0.917 bits per heavy atom. The van der Waals surface area contributed by atoms with Crippen LogP contribution in [0.2, 0.25) is 0 Å². The number of hydrogen-bond acceptors (Lipinski definition) is 4. The molecule has 0 aliphatic heterocycles. The molecule has 0 fully saturated rings. The molecule has 2 amide bonds. The Hall–Kier alpha value is -3.28. The fraction of sp³-hybridized carbons (Fsp3) is 0.111. The third kappa shape index (κ3) is 3.22. The molecule has 1 aromatic heterocycles. The number of amides is 2. The Labute approximate surface area is 139 Å². The number of anilines is 1. The normalized spacial score (nSPS) is 10.4. The maximum atomic E-state index is 12.2.